The van der Waals surface area contributed by atoms with E-state index in [2.05, 4.69) is 0 Å². The summed E-state index contributed by atoms with van der Waals surface area (Å²) >= 11 is 0. The Labute approximate surface area is 124 Å². The molecule has 1 aromatic carbocycles. The van der Waals surface area contributed by atoms with Crippen molar-refractivity contribution in [3.05, 3.63) is 33.9 Å². The van der Waals surface area contributed by atoms with Gasteiger partial charge in [-0.25, -0.2) is 0 Å². The smallest absolute Gasteiger partial charge is 0.290 e. The van der Waals surface area contributed by atoms with Crippen LogP contribution in [0.5, 0.6) is 5.75 Å². The lowest BCUT2D eigenvalue weighted by molar-refractivity contribution is -0.385. The minimum absolute atomic E-state index is 0.0594. The Hall–Kier alpha value is -2.13. The number of nitro benzene ring substituents is 1. The van der Waals surface area contributed by atoms with E-state index in [0.29, 0.717) is 0 Å². The molecule has 0 bridgehead atoms. The van der Waals surface area contributed by atoms with Gasteiger partial charge in [-0.3, -0.25) is 10.1 Å². The first-order valence-corrected chi connectivity index (χ1v) is 6.69. The number of hydrogen-bond donors (Lipinski definition) is 1. The molecule has 114 valence electrons. The van der Waals surface area contributed by atoms with Gasteiger partial charge in [0.2, 0.25) is 0 Å². The first-order valence-electron chi connectivity index (χ1n) is 6.69. The van der Waals surface area contributed by atoms with Crippen molar-refractivity contribution in [1.82, 2.24) is 0 Å². The van der Waals surface area contributed by atoms with E-state index in [1.165, 1.54) is 18.2 Å². The Kier molecular flexibility index (Phi) is 5.28. The van der Waals surface area contributed by atoms with Crippen LogP contribution in [0.4, 0.5) is 5.69 Å². The van der Waals surface area contributed by atoms with E-state index >= 15 is 0 Å². The number of nitrogens with zero attached hydrogens (tertiary/aromatic N) is 2. The molecule has 0 aliphatic heterocycles. The number of hydrogen-bond acceptors (Lipinski definition) is 5. The summed E-state index contributed by atoms with van der Waals surface area (Å²) in [5, 5.41) is 30.1. The summed E-state index contributed by atoms with van der Waals surface area (Å²) in [6.45, 7) is 7.66. The molecule has 0 fully saturated rings. The molecule has 0 saturated carbocycles. The first-order chi connectivity index (χ1) is 9.70. The standard InChI is InChI=1S/C15H20N2O4/c1-10(2)14(18)15(3,4)9-21-13-7-5-6-12(17(19)20)11(13)8-16/h5-7,10,14,18H,9H2,1-4H3. The average molecular weight is 292 g/mol. The van der Waals surface area contributed by atoms with E-state index in [-0.39, 0.29) is 29.5 Å². The van der Waals surface area contributed by atoms with E-state index in [9.17, 15) is 15.2 Å². The third-order valence-corrected chi connectivity index (χ3v) is 3.34. The van der Waals surface area contributed by atoms with Gasteiger partial charge in [-0.1, -0.05) is 33.8 Å². The number of aliphatic hydroxyl groups is 1. The van der Waals surface area contributed by atoms with Gasteiger partial charge in [0.05, 0.1) is 17.6 Å². The lowest BCUT2D eigenvalue weighted by atomic mass is 9.81. The van der Waals surface area contributed by atoms with Crippen molar-refractivity contribution in [2.75, 3.05) is 6.61 Å². The van der Waals surface area contributed by atoms with Crippen LogP contribution in [0, 0.1) is 32.8 Å². The quantitative estimate of drug-likeness (QED) is 0.642. The van der Waals surface area contributed by atoms with E-state index in [4.69, 9.17) is 10.00 Å². The number of aliphatic hydroxyl groups excluding tert-OH is 1. The van der Waals surface area contributed by atoms with Crippen LogP contribution < -0.4 is 4.74 Å². The zero-order chi connectivity index (χ0) is 16.2. The summed E-state index contributed by atoms with van der Waals surface area (Å²) in [5.41, 5.74) is -0.916. The van der Waals surface area contributed by atoms with Crippen molar-refractivity contribution in [3.8, 4) is 11.8 Å². The van der Waals surface area contributed by atoms with E-state index in [1.807, 2.05) is 27.7 Å². The summed E-state index contributed by atoms with van der Waals surface area (Å²) in [5.74, 6) is 0.222. The summed E-state index contributed by atoms with van der Waals surface area (Å²) in [4.78, 5) is 10.3. The maximum Gasteiger partial charge on any atom is 0.290 e. The first kappa shape index (κ1) is 16.9. The second kappa shape index (κ2) is 6.55. The van der Waals surface area contributed by atoms with Crippen LogP contribution in [-0.4, -0.2) is 22.7 Å². The highest BCUT2D eigenvalue weighted by Gasteiger charge is 2.31. The molecule has 6 nitrogen and oxygen atoms in total. The van der Waals surface area contributed by atoms with Gasteiger partial charge in [0.15, 0.2) is 5.56 Å². The molecule has 0 radical (unpaired) electrons. The van der Waals surface area contributed by atoms with Crippen LogP contribution in [0.15, 0.2) is 18.2 Å². The Morgan fingerprint density at radius 2 is 2.10 bits per heavy atom. The average Bonchev–Trinajstić information content (AvgIpc) is 2.43. The normalized spacial score (nSPS) is 12.8. The molecular weight excluding hydrogens is 272 g/mol. The molecule has 1 rings (SSSR count). The van der Waals surface area contributed by atoms with Crippen molar-refractivity contribution in [2.45, 2.75) is 33.8 Å². The fourth-order valence-electron chi connectivity index (χ4n) is 2.16. The Balaban J connectivity index is 2.98. The number of ether oxygens (including phenoxy) is 1. The second-order valence-electron chi connectivity index (χ2n) is 5.99. The zero-order valence-electron chi connectivity index (χ0n) is 12.7. The highest BCUT2D eigenvalue weighted by molar-refractivity contribution is 5.56. The fraction of sp³-hybridized carbons (Fsp3) is 0.533. The monoisotopic (exact) mass is 292 g/mol. The molecule has 21 heavy (non-hydrogen) atoms. The third kappa shape index (κ3) is 3.92. The van der Waals surface area contributed by atoms with Crippen LogP contribution in [-0.2, 0) is 0 Å². The molecular formula is C15H20N2O4. The summed E-state index contributed by atoms with van der Waals surface area (Å²) in [6, 6.07) is 6.06. The van der Waals surface area contributed by atoms with Gasteiger partial charge >= 0.3 is 0 Å². The maximum absolute atomic E-state index is 10.9. The minimum Gasteiger partial charge on any atom is -0.491 e. The molecule has 0 spiro atoms. The molecule has 1 unspecified atom stereocenters. The number of rotatable bonds is 6. The molecule has 0 aliphatic rings. The fourth-order valence-corrected chi connectivity index (χ4v) is 2.16. The van der Waals surface area contributed by atoms with Crippen molar-refractivity contribution in [2.24, 2.45) is 11.3 Å². The highest BCUT2D eigenvalue weighted by atomic mass is 16.6. The Bertz CT molecular complexity index is 561. The lowest BCUT2D eigenvalue weighted by Crippen LogP contribution is -2.38. The SMILES string of the molecule is CC(C)C(O)C(C)(C)COc1cccc([N+](=O)[O-])c1C#N. The van der Waals surface area contributed by atoms with Gasteiger partial charge in [-0.05, 0) is 12.0 Å². The van der Waals surface area contributed by atoms with Gasteiger partial charge in [-0.15, -0.1) is 0 Å². The third-order valence-electron chi connectivity index (χ3n) is 3.34. The molecule has 0 heterocycles. The molecule has 6 heteroatoms. The lowest BCUT2D eigenvalue weighted by Gasteiger charge is -2.32. The van der Waals surface area contributed by atoms with Gasteiger partial charge in [0.1, 0.15) is 11.8 Å². The molecule has 1 atom stereocenters. The molecule has 1 aromatic rings. The number of benzene rings is 1. The zero-order valence-corrected chi connectivity index (χ0v) is 12.7. The van der Waals surface area contributed by atoms with Crippen molar-refractivity contribution < 1.29 is 14.8 Å². The van der Waals surface area contributed by atoms with Gasteiger partial charge in [0, 0.05) is 11.5 Å². The molecule has 0 saturated heterocycles. The molecule has 0 aromatic heterocycles. The van der Waals surface area contributed by atoms with Crippen LogP contribution in [0.1, 0.15) is 33.3 Å². The minimum atomic E-state index is -0.612. The van der Waals surface area contributed by atoms with Crippen LogP contribution in [0.3, 0.4) is 0 Å². The highest BCUT2D eigenvalue weighted by Crippen LogP contribution is 2.31. The Morgan fingerprint density at radius 3 is 2.57 bits per heavy atom. The predicted octanol–water partition coefficient (Wildman–Crippen LogP) is 2.89. The molecule has 0 aliphatic carbocycles. The summed E-state index contributed by atoms with van der Waals surface area (Å²) in [6.07, 6.45) is -0.582. The van der Waals surface area contributed by atoms with Gasteiger partial charge in [0.25, 0.3) is 5.69 Å². The van der Waals surface area contributed by atoms with Crippen molar-refractivity contribution in [3.63, 3.8) is 0 Å². The number of nitro groups is 1. The molecule has 0 amide bonds. The van der Waals surface area contributed by atoms with Gasteiger partial charge < -0.3 is 9.84 Å². The number of nitriles is 1. The summed E-state index contributed by atoms with van der Waals surface area (Å²) in [7, 11) is 0. The van der Waals surface area contributed by atoms with Crippen LogP contribution in [0.2, 0.25) is 0 Å². The van der Waals surface area contributed by atoms with Crippen molar-refractivity contribution >= 4 is 5.69 Å². The maximum atomic E-state index is 10.9. The molecule has 1 N–H and O–H groups in total. The van der Waals surface area contributed by atoms with E-state index in [0.717, 1.165) is 0 Å². The van der Waals surface area contributed by atoms with E-state index < -0.39 is 16.4 Å². The second-order valence-corrected chi connectivity index (χ2v) is 5.99. The van der Waals surface area contributed by atoms with Crippen LogP contribution >= 0.6 is 0 Å². The topological polar surface area (TPSA) is 96.4 Å². The largest absolute Gasteiger partial charge is 0.491 e. The Morgan fingerprint density at radius 1 is 1.48 bits per heavy atom. The van der Waals surface area contributed by atoms with Crippen LogP contribution in [0.25, 0.3) is 0 Å². The van der Waals surface area contributed by atoms with E-state index in [1.54, 1.807) is 6.07 Å². The predicted molar refractivity (Wildman–Crippen MR) is 77.9 cm³/mol. The van der Waals surface area contributed by atoms with Crippen molar-refractivity contribution in [1.29, 1.82) is 5.26 Å². The van der Waals surface area contributed by atoms with Gasteiger partial charge in [-0.2, -0.15) is 5.26 Å². The summed E-state index contributed by atoms with van der Waals surface area (Å²) < 4.78 is 5.57.